The lowest BCUT2D eigenvalue weighted by atomic mass is 10.2. The lowest BCUT2D eigenvalue weighted by molar-refractivity contribution is 0.627. The van der Waals surface area contributed by atoms with E-state index in [0.717, 1.165) is 15.6 Å². The molecule has 0 saturated carbocycles. The normalized spacial score (nSPS) is 10.6. The molecule has 4 nitrogen and oxygen atoms in total. The van der Waals surface area contributed by atoms with Crippen LogP contribution in [0.25, 0.3) is 0 Å². The molecular formula is C18H15BrClFN4S. The first-order chi connectivity index (χ1) is 12.5. The van der Waals surface area contributed by atoms with Crippen LogP contribution in [0.15, 0.2) is 59.2 Å². The molecule has 0 bridgehead atoms. The molecule has 0 aliphatic heterocycles. The zero-order valence-electron chi connectivity index (χ0n) is 13.5. The molecular weight excluding hydrogens is 439 g/mol. The van der Waals surface area contributed by atoms with Gasteiger partial charge in [0.05, 0.1) is 11.0 Å². The van der Waals surface area contributed by atoms with Gasteiger partial charge in [-0.3, -0.25) is 4.68 Å². The van der Waals surface area contributed by atoms with Crippen LogP contribution >= 0.6 is 39.7 Å². The van der Waals surface area contributed by atoms with Gasteiger partial charge in [0.1, 0.15) is 5.82 Å². The molecule has 0 aliphatic rings. The molecule has 0 amide bonds. The molecule has 0 saturated heterocycles. The Kier molecular flexibility index (Phi) is 6.24. The highest BCUT2D eigenvalue weighted by atomic mass is 79.9. The Bertz CT molecular complexity index is 897. The Morgan fingerprint density at radius 1 is 1.12 bits per heavy atom. The maximum atomic E-state index is 12.9. The number of nitrogens with one attached hydrogen (secondary N) is 2. The summed E-state index contributed by atoms with van der Waals surface area (Å²) in [5.41, 5.74) is 2.02. The molecule has 2 aromatic carbocycles. The van der Waals surface area contributed by atoms with Gasteiger partial charge in [-0.2, -0.15) is 5.10 Å². The monoisotopic (exact) mass is 452 g/mol. The van der Waals surface area contributed by atoms with Crippen molar-refractivity contribution in [3.8, 4) is 0 Å². The van der Waals surface area contributed by atoms with Gasteiger partial charge in [-0.05, 0) is 63.5 Å². The van der Waals surface area contributed by atoms with Gasteiger partial charge in [-0.25, -0.2) is 4.39 Å². The Morgan fingerprint density at radius 3 is 2.46 bits per heavy atom. The van der Waals surface area contributed by atoms with Gasteiger partial charge in [-0.1, -0.05) is 35.9 Å². The Balaban J connectivity index is 1.57. The average Bonchev–Trinajstić information content (AvgIpc) is 2.95. The van der Waals surface area contributed by atoms with Crippen molar-refractivity contribution in [3.63, 3.8) is 0 Å². The van der Waals surface area contributed by atoms with Gasteiger partial charge in [-0.15, -0.1) is 0 Å². The number of rotatable bonds is 5. The molecule has 3 rings (SSSR count). The molecule has 3 aromatic rings. The minimum Gasteiger partial charge on any atom is -0.358 e. The van der Waals surface area contributed by atoms with Gasteiger partial charge >= 0.3 is 0 Å². The third-order valence-corrected chi connectivity index (χ3v) is 4.65. The molecule has 1 heterocycles. The largest absolute Gasteiger partial charge is 0.358 e. The third kappa shape index (κ3) is 5.27. The molecule has 0 fully saturated rings. The van der Waals surface area contributed by atoms with Crippen LogP contribution in [-0.2, 0) is 13.1 Å². The van der Waals surface area contributed by atoms with Gasteiger partial charge in [0.25, 0.3) is 0 Å². The molecule has 0 unspecified atom stereocenters. The van der Waals surface area contributed by atoms with Crippen molar-refractivity contribution in [1.82, 2.24) is 15.1 Å². The number of anilines is 1. The number of hydrogen-bond donors (Lipinski definition) is 2. The van der Waals surface area contributed by atoms with E-state index in [9.17, 15) is 4.39 Å². The van der Waals surface area contributed by atoms with E-state index >= 15 is 0 Å². The SMILES string of the molecule is Fc1ccc(CNC(=S)Nc2nn(Cc3ccc(Cl)cc3)cc2Br)cc1. The quantitative estimate of drug-likeness (QED) is 0.535. The standard InChI is InChI=1S/C18H15BrClFN4S/c19-16-11-25(10-13-1-5-14(20)6-2-13)24-17(16)23-18(26)22-9-12-3-7-15(21)8-4-12/h1-8,11H,9-10H2,(H2,22,23,24,26). The second-order valence-corrected chi connectivity index (χ2v) is 7.28. The summed E-state index contributed by atoms with van der Waals surface area (Å²) in [5.74, 6) is 0.361. The van der Waals surface area contributed by atoms with Gasteiger partial charge in [0.15, 0.2) is 10.9 Å². The first-order valence-corrected chi connectivity index (χ1v) is 9.34. The van der Waals surface area contributed by atoms with Gasteiger partial charge in [0.2, 0.25) is 0 Å². The van der Waals surface area contributed by atoms with E-state index in [2.05, 4.69) is 31.7 Å². The molecule has 1 aromatic heterocycles. The molecule has 134 valence electrons. The van der Waals surface area contributed by atoms with E-state index in [1.807, 2.05) is 30.5 Å². The Hall–Kier alpha value is -1.96. The molecule has 26 heavy (non-hydrogen) atoms. The van der Waals surface area contributed by atoms with Crippen molar-refractivity contribution >= 4 is 50.7 Å². The fraction of sp³-hybridized carbons (Fsp3) is 0.111. The number of halogens is 3. The summed E-state index contributed by atoms with van der Waals surface area (Å²) >= 11 is 14.7. The molecule has 0 spiro atoms. The van der Waals surface area contributed by atoms with Gasteiger partial charge in [0, 0.05) is 17.8 Å². The number of nitrogens with zero attached hydrogens (tertiary/aromatic N) is 2. The summed E-state index contributed by atoms with van der Waals surface area (Å²) in [5, 5.41) is 11.7. The first-order valence-electron chi connectivity index (χ1n) is 7.76. The van der Waals surface area contributed by atoms with E-state index in [1.54, 1.807) is 16.8 Å². The van der Waals surface area contributed by atoms with Crippen LogP contribution < -0.4 is 10.6 Å². The van der Waals surface area contributed by atoms with Crippen molar-refractivity contribution in [1.29, 1.82) is 0 Å². The van der Waals surface area contributed by atoms with E-state index in [-0.39, 0.29) is 5.82 Å². The van der Waals surface area contributed by atoms with Crippen LogP contribution in [0.5, 0.6) is 0 Å². The first kappa shape index (κ1) is 18.8. The van der Waals surface area contributed by atoms with Crippen LogP contribution in [0.1, 0.15) is 11.1 Å². The fourth-order valence-electron chi connectivity index (χ4n) is 2.28. The van der Waals surface area contributed by atoms with Crippen LogP contribution in [0, 0.1) is 5.82 Å². The van der Waals surface area contributed by atoms with Crippen LogP contribution in [0.4, 0.5) is 10.2 Å². The van der Waals surface area contributed by atoms with E-state index in [1.165, 1.54) is 12.1 Å². The topological polar surface area (TPSA) is 41.9 Å². The van der Waals surface area contributed by atoms with Crippen molar-refractivity contribution in [3.05, 3.63) is 81.2 Å². The van der Waals surface area contributed by atoms with E-state index < -0.39 is 0 Å². The lowest BCUT2D eigenvalue weighted by Gasteiger charge is -2.09. The fourth-order valence-corrected chi connectivity index (χ4v) is 2.99. The van der Waals surface area contributed by atoms with Crippen LogP contribution in [-0.4, -0.2) is 14.9 Å². The third-order valence-electron chi connectivity index (χ3n) is 3.57. The van der Waals surface area contributed by atoms with Crippen LogP contribution in [0.2, 0.25) is 5.02 Å². The Morgan fingerprint density at radius 2 is 1.77 bits per heavy atom. The zero-order chi connectivity index (χ0) is 18.5. The summed E-state index contributed by atoms with van der Waals surface area (Å²) in [7, 11) is 0. The highest BCUT2D eigenvalue weighted by Crippen LogP contribution is 2.21. The lowest BCUT2D eigenvalue weighted by Crippen LogP contribution is -2.28. The van der Waals surface area contributed by atoms with Gasteiger partial charge < -0.3 is 10.6 Å². The van der Waals surface area contributed by atoms with Crippen molar-refractivity contribution in [2.45, 2.75) is 13.1 Å². The maximum Gasteiger partial charge on any atom is 0.172 e. The van der Waals surface area contributed by atoms with E-state index in [4.69, 9.17) is 23.8 Å². The van der Waals surface area contributed by atoms with Crippen LogP contribution in [0.3, 0.4) is 0 Å². The summed E-state index contributed by atoms with van der Waals surface area (Å²) in [6.07, 6.45) is 1.87. The second-order valence-electron chi connectivity index (χ2n) is 5.58. The van der Waals surface area contributed by atoms with E-state index in [0.29, 0.717) is 29.0 Å². The predicted octanol–water partition coefficient (Wildman–Crippen LogP) is 4.97. The molecule has 2 N–H and O–H groups in total. The number of thiocarbonyl (C=S) groups is 1. The summed E-state index contributed by atoms with van der Waals surface area (Å²) in [6, 6.07) is 13.9. The molecule has 0 aliphatic carbocycles. The minimum atomic E-state index is -0.260. The second kappa shape index (κ2) is 8.62. The summed E-state index contributed by atoms with van der Waals surface area (Å²) in [6.45, 7) is 1.11. The van der Waals surface area contributed by atoms with Crippen molar-refractivity contribution in [2.24, 2.45) is 0 Å². The molecule has 8 heteroatoms. The predicted molar refractivity (Wildman–Crippen MR) is 110 cm³/mol. The number of benzene rings is 2. The Labute approximate surface area is 169 Å². The minimum absolute atomic E-state index is 0.260. The highest BCUT2D eigenvalue weighted by Gasteiger charge is 2.09. The highest BCUT2D eigenvalue weighted by molar-refractivity contribution is 9.10. The summed E-state index contributed by atoms with van der Waals surface area (Å²) in [4.78, 5) is 0. The molecule has 0 radical (unpaired) electrons. The summed E-state index contributed by atoms with van der Waals surface area (Å²) < 4.78 is 15.5. The number of hydrogen-bond acceptors (Lipinski definition) is 2. The average molecular weight is 454 g/mol. The zero-order valence-corrected chi connectivity index (χ0v) is 16.7. The molecule has 0 atom stereocenters. The number of aromatic nitrogens is 2. The smallest absolute Gasteiger partial charge is 0.172 e. The van der Waals surface area contributed by atoms with Crippen molar-refractivity contribution in [2.75, 3.05) is 5.32 Å². The maximum absolute atomic E-state index is 12.9. The van der Waals surface area contributed by atoms with Crippen molar-refractivity contribution < 1.29 is 4.39 Å².